The molecule has 3 amide bonds. The molecule has 0 saturated heterocycles. The Morgan fingerprint density at radius 3 is 1.84 bits per heavy atom. The molecule has 2 aromatic rings. The molecule has 37 heavy (non-hydrogen) atoms. The van der Waals surface area contributed by atoms with Gasteiger partial charge in [0.1, 0.15) is 6.04 Å². The van der Waals surface area contributed by atoms with Crippen molar-refractivity contribution >= 4 is 81.8 Å². The van der Waals surface area contributed by atoms with Crippen molar-refractivity contribution in [3.8, 4) is 0 Å². The molecule has 13 heteroatoms. The molecule has 0 fully saturated rings. The minimum absolute atomic E-state index is 0.203. The third-order valence-corrected chi connectivity index (χ3v) is 7.11. The van der Waals surface area contributed by atoms with Crippen LogP contribution in [0.1, 0.15) is 51.8 Å². The molecule has 3 rings (SSSR count). The highest BCUT2D eigenvalue weighted by Gasteiger charge is 2.48. The Labute approximate surface area is 231 Å². The number of esters is 2. The van der Waals surface area contributed by atoms with E-state index in [9.17, 15) is 24.0 Å². The summed E-state index contributed by atoms with van der Waals surface area (Å²) in [6.07, 6.45) is 0. The molecule has 0 unspecified atom stereocenters. The smallest absolute Gasteiger partial charge is 0.338 e. The van der Waals surface area contributed by atoms with Crippen LogP contribution in [0.15, 0.2) is 24.3 Å². The zero-order valence-corrected chi connectivity index (χ0v) is 22.7. The highest BCUT2D eigenvalue weighted by Crippen LogP contribution is 2.45. The second-order valence-electron chi connectivity index (χ2n) is 8.13. The number of carbonyl (C=O) groups excluding carboxylic acids is 5. The second-order valence-corrected chi connectivity index (χ2v) is 9.64. The summed E-state index contributed by atoms with van der Waals surface area (Å²) in [6, 6.07) is 4.49. The van der Waals surface area contributed by atoms with E-state index in [1.165, 1.54) is 24.3 Å². The van der Waals surface area contributed by atoms with E-state index in [2.05, 4.69) is 5.32 Å². The van der Waals surface area contributed by atoms with Gasteiger partial charge >= 0.3 is 11.9 Å². The van der Waals surface area contributed by atoms with Crippen LogP contribution >= 0.6 is 46.4 Å². The van der Waals surface area contributed by atoms with E-state index in [1.807, 2.05) is 0 Å². The van der Waals surface area contributed by atoms with E-state index in [0.717, 1.165) is 0 Å². The first-order valence-electron chi connectivity index (χ1n) is 10.9. The largest absolute Gasteiger partial charge is 0.462 e. The van der Waals surface area contributed by atoms with Gasteiger partial charge in [0.2, 0.25) is 0 Å². The molecule has 0 aliphatic carbocycles. The first-order valence-corrected chi connectivity index (χ1v) is 12.4. The van der Waals surface area contributed by atoms with Crippen molar-refractivity contribution in [2.24, 2.45) is 5.92 Å². The molecule has 0 saturated carbocycles. The summed E-state index contributed by atoms with van der Waals surface area (Å²) in [5.74, 6) is -4.58. The summed E-state index contributed by atoms with van der Waals surface area (Å²) in [5.41, 5.74) is 0.102. The normalized spacial score (nSPS) is 13.5. The first kappa shape index (κ1) is 28.7. The Balaban J connectivity index is 1.72. The van der Waals surface area contributed by atoms with Crippen LogP contribution in [0.5, 0.6) is 0 Å². The SMILES string of the molecule is CCOC(=O)c1ccc(NC(=O)COC(=O)[C@@H](C(C)C)N2C(=O)c3c(Cl)c(Cl)c(Cl)c(Cl)c3C2=O)cc1. The second kappa shape index (κ2) is 11.7. The summed E-state index contributed by atoms with van der Waals surface area (Å²) in [4.78, 5) is 63.9. The lowest BCUT2D eigenvalue weighted by atomic mass is 10.0. The van der Waals surface area contributed by atoms with E-state index in [-0.39, 0.29) is 37.8 Å². The number of nitrogens with zero attached hydrogens (tertiary/aromatic N) is 1. The van der Waals surface area contributed by atoms with Crippen molar-refractivity contribution in [2.45, 2.75) is 26.8 Å². The summed E-state index contributed by atoms with van der Waals surface area (Å²) in [7, 11) is 0. The summed E-state index contributed by atoms with van der Waals surface area (Å²) in [6.45, 7) is 4.38. The monoisotopic (exact) mass is 588 g/mol. The molecular weight excluding hydrogens is 570 g/mol. The van der Waals surface area contributed by atoms with E-state index < -0.39 is 48.2 Å². The number of fused-ring (bicyclic) bond motifs is 1. The van der Waals surface area contributed by atoms with Crippen LogP contribution in [0.25, 0.3) is 0 Å². The predicted molar refractivity (Wildman–Crippen MR) is 138 cm³/mol. The minimum Gasteiger partial charge on any atom is -0.462 e. The average Bonchev–Trinajstić information content (AvgIpc) is 3.11. The number of ether oxygens (including phenoxy) is 2. The molecule has 1 atom stereocenters. The number of halogens is 4. The molecule has 1 aliphatic heterocycles. The molecule has 196 valence electrons. The van der Waals surface area contributed by atoms with Gasteiger partial charge in [-0.25, -0.2) is 9.59 Å². The van der Waals surface area contributed by atoms with E-state index in [1.54, 1.807) is 20.8 Å². The van der Waals surface area contributed by atoms with Gasteiger partial charge in [-0.15, -0.1) is 0 Å². The van der Waals surface area contributed by atoms with Gasteiger partial charge in [0, 0.05) is 5.69 Å². The number of benzene rings is 2. The zero-order chi connectivity index (χ0) is 27.6. The molecule has 1 N–H and O–H groups in total. The maximum Gasteiger partial charge on any atom is 0.338 e. The van der Waals surface area contributed by atoms with Gasteiger partial charge in [-0.05, 0) is 37.1 Å². The van der Waals surface area contributed by atoms with Gasteiger partial charge in [-0.1, -0.05) is 60.3 Å². The summed E-state index contributed by atoms with van der Waals surface area (Å²) < 4.78 is 10.0. The lowest BCUT2D eigenvalue weighted by Crippen LogP contribution is -2.49. The number of carbonyl (C=O) groups is 5. The number of amides is 3. The van der Waals surface area contributed by atoms with Gasteiger partial charge in [0.15, 0.2) is 6.61 Å². The number of hydrogen-bond donors (Lipinski definition) is 1. The van der Waals surface area contributed by atoms with Crippen LogP contribution in [0, 0.1) is 5.92 Å². The van der Waals surface area contributed by atoms with Crippen molar-refractivity contribution in [1.29, 1.82) is 0 Å². The molecule has 1 heterocycles. The van der Waals surface area contributed by atoms with Crippen molar-refractivity contribution < 1.29 is 33.4 Å². The van der Waals surface area contributed by atoms with Crippen molar-refractivity contribution in [2.75, 3.05) is 18.5 Å². The lowest BCUT2D eigenvalue weighted by Gasteiger charge is -2.27. The molecule has 2 aromatic carbocycles. The van der Waals surface area contributed by atoms with Crippen LogP contribution in [-0.4, -0.2) is 53.8 Å². The van der Waals surface area contributed by atoms with Crippen molar-refractivity contribution in [3.05, 3.63) is 61.0 Å². The van der Waals surface area contributed by atoms with Crippen LogP contribution in [0.2, 0.25) is 20.1 Å². The Hall–Kier alpha value is -2.85. The van der Waals surface area contributed by atoms with Crippen LogP contribution in [-0.2, 0) is 19.1 Å². The van der Waals surface area contributed by atoms with E-state index in [0.29, 0.717) is 16.2 Å². The Bertz CT molecular complexity index is 1250. The summed E-state index contributed by atoms with van der Waals surface area (Å²) >= 11 is 24.4. The van der Waals surface area contributed by atoms with Crippen molar-refractivity contribution in [1.82, 2.24) is 4.90 Å². The third kappa shape index (κ3) is 5.70. The maximum absolute atomic E-state index is 13.1. The highest BCUT2D eigenvalue weighted by molar-refractivity contribution is 6.55. The van der Waals surface area contributed by atoms with Gasteiger partial charge < -0.3 is 14.8 Å². The minimum atomic E-state index is -1.39. The fourth-order valence-corrected chi connectivity index (χ4v) is 4.63. The Morgan fingerprint density at radius 2 is 1.38 bits per heavy atom. The van der Waals surface area contributed by atoms with Gasteiger partial charge in [0.05, 0.1) is 43.4 Å². The molecule has 9 nitrogen and oxygen atoms in total. The van der Waals surface area contributed by atoms with Gasteiger partial charge in [-0.3, -0.25) is 19.3 Å². The first-order chi connectivity index (χ1) is 17.4. The molecule has 0 radical (unpaired) electrons. The highest BCUT2D eigenvalue weighted by atomic mass is 35.5. The lowest BCUT2D eigenvalue weighted by molar-refractivity contribution is -0.152. The molecule has 0 bridgehead atoms. The van der Waals surface area contributed by atoms with Crippen molar-refractivity contribution in [3.63, 3.8) is 0 Å². The third-order valence-electron chi connectivity index (χ3n) is 5.31. The number of imide groups is 1. The standard InChI is InChI=1S/C24H20Cl4N2O7/c1-4-36-23(34)11-5-7-12(8-6-11)29-13(31)9-37-24(35)20(10(2)3)30-21(32)14-15(22(30)33)17(26)19(28)18(27)16(14)25/h5-8,10,20H,4,9H2,1-3H3,(H,29,31)/t20-/m1/s1. The van der Waals surface area contributed by atoms with Gasteiger partial charge in [0.25, 0.3) is 17.7 Å². The van der Waals surface area contributed by atoms with Crippen LogP contribution in [0.4, 0.5) is 5.69 Å². The zero-order valence-electron chi connectivity index (χ0n) is 19.7. The average molecular weight is 590 g/mol. The topological polar surface area (TPSA) is 119 Å². The Kier molecular flexibility index (Phi) is 9.07. The van der Waals surface area contributed by atoms with Gasteiger partial charge in [-0.2, -0.15) is 0 Å². The predicted octanol–water partition coefficient (Wildman–Crippen LogP) is 5.28. The number of nitrogens with one attached hydrogen (secondary N) is 1. The molecular formula is C24H20Cl4N2O7. The van der Waals surface area contributed by atoms with E-state index >= 15 is 0 Å². The summed E-state index contributed by atoms with van der Waals surface area (Å²) in [5, 5.41) is 1.57. The quantitative estimate of drug-likeness (QED) is 0.192. The maximum atomic E-state index is 13.1. The Morgan fingerprint density at radius 1 is 0.865 bits per heavy atom. The van der Waals surface area contributed by atoms with Crippen LogP contribution in [0.3, 0.4) is 0 Å². The number of rotatable bonds is 8. The fourth-order valence-electron chi connectivity index (χ4n) is 3.62. The van der Waals surface area contributed by atoms with Crippen LogP contribution < -0.4 is 5.32 Å². The molecule has 1 aliphatic rings. The van der Waals surface area contributed by atoms with E-state index in [4.69, 9.17) is 55.9 Å². The molecule has 0 spiro atoms. The number of hydrogen-bond acceptors (Lipinski definition) is 7. The molecule has 0 aromatic heterocycles. The fraction of sp³-hybridized carbons (Fsp3) is 0.292. The number of anilines is 1.